The van der Waals surface area contributed by atoms with Gasteiger partial charge < -0.3 is 10.2 Å². The SMILES string of the molecule is CCN(CC)c1ccc(/C=C2\NC(=S)N(c3ccc(C)cc3)C2=O)cc1. The minimum Gasteiger partial charge on any atom is -0.372 e. The van der Waals surface area contributed by atoms with Gasteiger partial charge in [0.15, 0.2) is 5.11 Å². The zero-order chi connectivity index (χ0) is 18.7. The number of carbonyl (C=O) groups is 1. The van der Waals surface area contributed by atoms with Gasteiger partial charge in [0, 0.05) is 18.8 Å². The molecule has 0 spiro atoms. The van der Waals surface area contributed by atoms with E-state index in [-0.39, 0.29) is 5.91 Å². The molecule has 1 amide bonds. The highest BCUT2D eigenvalue weighted by Crippen LogP contribution is 2.23. The Bertz CT molecular complexity index is 837. The normalized spacial score (nSPS) is 15.5. The molecule has 1 aliphatic heterocycles. The molecule has 1 N–H and O–H groups in total. The quantitative estimate of drug-likeness (QED) is 0.639. The molecule has 3 rings (SSSR count). The van der Waals surface area contributed by atoms with E-state index in [1.165, 1.54) is 10.6 Å². The van der Waals surface area contributed by atoms with Crippen LogP contribution in [-0.2, 0) is 4.79 Å². The Labute approximate surface area is 160 Å². The first-order valence-electron chi connectivity index (χ1n) is 8.82. The van der Waals surface area contributed by atoms with Crippen LogP contribution in [-0.4, -0.2) is 24.1 Å². The van der Waals surface area contributed by atoms with Crippen LogP contribution in [0.1, 0.15) is 25.0 Å². The van der Waals surface area contributed by atoms with E-state index in [1.54, 1.807) is 0 Å². The third-order valence-corrected chi connectivity index (χ3v) is 4.79. The van der Waals surface area contributed by atoms with Crippen LogP contribution < -0.4 is 15.1 Å². The topological polar surface area (TPSA) is 35.6 Å². The van der Waals surface area contributed by atoms with E-state index >= 15 is 0 Å². The van der Waals surface area contributed by atoms with Crippen LogP contribution in [0.15, 0.2) is 54.2 Å². The highest BCUT2D eigenvalue weighted by molar-refractivity contribution is 7.80. The van der Waals surface area contributed by atoms with Crippen LogP contribution in [0, 0.1) is 6.92 Å². The van der Waals surface area contributed by atoms with Gasteiger partial charge in [0.1, 0.15) is 5.70 Å². The Balaban J connectivity index is 1.82. The van der Waals surface area contributed by atoms with E-state index in [4.69, 9.17) is 12.2 Å². The molecule has 0 saturated carbocycles. The van der Waals surface area contributed by atoms with E-state index in [1.807, 2.05) is 49.4 Å². The molecule has 0 bridgehead atoms. The number of amides is 1. The summed E-state index contributed by atoms with van der Waals surface area (Å²) >= 11 is 5.36. The average molecular weight is 366 g/mol. The maximum Gasteiger partial charge on any atom is 0.281 e. The molecule has 0 aromatic heterocycles. The number of nitrogens with one attached hydrogen (secondary N) is 1. The molecule has 26 heavy (non-hydrogen) atoms. The van der Waals surface area contributed by atoms with Crippen molar-refractivity contribution >= 4 is 40.7 Å². The molecule has 0 radical (unpaired) electrons. The number of rotatable bonds is 5. The minimum atomic E-state index is -0.133. The standard InChI is InChI=1S/C21H23N3OS/c1-4-23(5-2)17-12-8-16(9-13-17)14-19-20(25)24(21(26)22-19)18-10-6-15(3)7-11-18/h6-14H,4-5H2,1-3H3,(H,22,26)/b19-14-. The summed E-state index contributed by atoms with van der Waals surface area (Å²) in [6, 6.07) is 16.0. The summed E-state index contributed by atoms with van der Waals surface area (Å²) in [5.74, 6) is -0.133. The summed E-state index contributed by atoms with van der Waals surface area (Å²) in [6.07, 6.45) is 1.84. The van der Waals surface area contributed by atoms with Crippen LogP contribution in [0.5, 0.6) is 0 Å². The fraction of sp³-hybridized carbons (Fsp3) is 0.238. The van der Waals surface area contributed by atoms with Crippen molar-refractivity contribution in [1.29, 1.82) is 0 Å². The number of benzene rings is 2. The molecule has 0 atom stereocenters. The fourth-order valence-electron chi connectivity index (χ4n) is 3.00. The lowest BCUT2D eigenvalue weighted by Gasteiger charge is -2.20. The largest absolute Gasteiger partial charge is 0.372 e. The van der Waals surface area contributed by atoms with Crippen molar-refractivity contribution in [3.05, 3.63) is 65.4 Å². The van der Waals surface area contributed by atoms with Gasteiger partial charge in [-0.3, -0.25) is 9.69 Å². The van der Waals surface area contributed by atoms with Crippen molar-refractivity contribution in [2.24, 2.45) is 0 Å². The third kappa shape index (κ3) is 3.63. The zero-order valence-electron chi connectivity index (χ0n) is 15.3. The lowest BCUT2D eigenvalue weighted by molar-refractivity contribution is -0.113. The van der Waals surface area contributed by atoms with Gasteiger partial charge in [-0.1, -0.05) is 29.8 Å². The average Bonchev–Trinajstić information content (AvgIpc) is 2.92. The molecule has 134 valence electrons. The molecule has 1 heterocycles. The number of anilines is 2. The van der Waals surface area contributed by atoms with E-state index in [2.05, 4.69) is 36.2 Å². The summed E-state index contributed by atoms with van der Waals surface area (Å²) in [4.78, 5) is 16.6. The molecule has 0 aliphatic carbocycles. The number of hydrogen-bond donors (Lipinski definition) is 1. The third-order valence-electron chi connectivity index (χ3n) is 4.50. The van der Waals surface area contributed by atoms with E-state index < -0.39 is 0 Å². The number of carbonyl (C=O) groups excluding carboxylic acids is 1. The highest BCUT2D eigenvalue weighted by Gasteiger charge is 2.31. The van der Waals surface area contributed by atoms with Crippen LogP contribution in [0.2, 0.25) is 0 Å². The summed E-state index contributed by atoms with van der Waals surface area (Å²) in [6.45, 7) is 8.23. The summed E-state index contributed by atoms with van der Waals surface area (Å²) < 4.78 is 0. The van der Waals surface area contributed by atoms with Gasteiger partial charge in [-0.25, -0.2) is 0 Å². The van der Waals surface area contributed by atoms with Gasteiger partial charge in [0.25, 0.3) is 5.91 Å². The van der Waals surface area contributed by atoms with Crippen LogP contribution in [0.25, 0.3) is 6.08 Å². The van der Waals surface area contributed by atoms with Crippen molar-refractivity contribution in [2.75, 3.05) is 22.9 Å². The van der Waals surface area contributed by atoms with Gasteiger partial charge in [0.2, 0.25) is 0 Å². The second kappa shape index (κ2) is 7.70. The number of thiocarbonyl (C=S) groups is 1. The van der Waals surface area contributed by atoms with E-state index in [9.17, 15) is 4.79 Å². The maximum absolute atomic E-state index is 12.8. The van der Waals surface area contributed by atoms with Crippen molar-refractivity contribution in [3.8, 4) is 0 Å². The van der Waals surface area contributed by atoms with Gasteiger partial charge in [-0.15, -0.1) is 0 Å². The van der Waals surface area contributed by atoms with Gasteiger partial charge in [0.05, 0.1) is 5.69 Å². The molecule has 2 aromatic carbocycles. The van der Waals surface area contributed by atoms with Gasteiger partial charge in [-0.05, 0) is 68.9 Å². The zero-order valence-corrected chi connectivity index (χ0v) is 16.1. The molecule has 4 nitrogen and oxygen atoms in total. The van der Waals surface area contributed by atoms with Crippen molar-refractivity contribution in [2.45, 2.75) is 20.8 Å². The van der Waals surface area contributed by atoms with Gasteiger partial charge in [-0.2, -0.15) is 0 Å². The molecular weight excluding hydrogens is 342 g/mol. The smallest absolute Gasteiger partial charge is 0.281 e. The van der Waals surface area contributed by atoms with E-state index in [0.29, 0.717) is 10.8 Å². The Morgan fingerprint density at radius 1 is 1.04 bits per heavy atom. The van der Waals surface area contributed by atoms with Crippen molar-refractivity contribution in [3.63, 3.8) is 0 Å². The molecule has 1 saturated heterocycles. The first-order valence-corrected chi connectivity index (χ1v) is 9.23. The predicted octanol–water partition coefficient (Wildman–Crippen LogP) is 4.10. The number of aryl methyl sites for hydroxylation is 1. The fourth-order valence-corrected chi connectivity index (χ4v) is 3.30. The van der Waals surface area contributed by atoms with Crippen LogP contribution in [0.4, 0.5) is 11.4 Å². The molecule has 5 heteroatoms. The highest BCUT2D eigenvalue weighted by atomic mass is 32.1. The lowest BCUT2D eigenvalue weighted by atomic mass is 10.1. The van der Waals surface area contributed by atoms with Gasteiger partial charge >= 0.3 is 0 Å². The Kier molecular flexibility index (Phi) is 5.38. The molecule has 1 fully saturated rings. The van der Waals surface area contributed by atoms with Crippen LogP contribution in [0.3, 0.4) is 0 Å². The molecule has 1 aliphatic rings. The first kappa shape index (κ1) is 18.1. The minimum absolute atomic E-state index is 0.133. The number of hydrogen-bond acceptors (Lipinski definition) is 3. The number of nitrogens with zero attached hydrogens (tertiary/aromatic N) is 2. The monoisotopic (exact) mass is 365 g/mol. The Morgan fingerprint density at radius 2 is 1.65 bits per heavy atom. The molecular formula is C21H23N3OS. The van der Waals surface area contributed by atoms with Crippen molar-refractivity contribution < 1.29 is 4.79 Å². The summed E-state index contributed by atoms with van der Waals surface area (Å²) in [5.41, 5.74) is 4.55. The van der Waals surface area contributed by atoms with Crippen molar-refractivity contribution in [1.82, 2.24) is 5.32 Å². The lowest BCUT2D eigenvalue weighted by Crippen LogP contribution is -2.30. The first-order chi connectivity index (χ1) is 12.5. The van der Waals surface area contributed by atoms with E-state index in [0.717, 1.165) is 29.9 Å². The van der Waals surface area contributed by atoms with Crippen LogP contribution >= 0.6 is 12.2 Å². The maximum atomic E-state index is 12.8. The second-order valence-electron chi connectivity index (χ2n) is 6.23. The Hall–Kier alpha value is -2.66. The molecule has 0 unspecified atom stereocenters. The molecule has 2 aromatic rings. The Morgan fingerprint density at radius 3 is 2.23 bits per heavy atom. The second-order valence-corrected chi connectivity index (χ2v) is 6.61. The predicted molar refractivity (Wildman–Crippen MR) is 112 cm³/mol. The summed E-state index contributed by atoms with van der Waals surface area (Å²) in [5, 5.41) is 3.44. The summed E-state index contributed by atoms with van der Waals surface area (Å²) in [7, 11) is 0.